The average Bonchev–Trinajstić information content (AvgIpc) is 2.31. The first kappa shape index (κ1) is 12.0. The fraction of sp³-hybridized carbons (Fsp3) is 0.625. The minimum atomic E-state index is 0.376. The van der Waals surface area contributed by atoms with Crippen LogP contribution in [0.5, 0.6) is 5.75 Å². The number of ether oxygens (including phenoxy) is 1. The van der Waals surface area contributed by atoms with Crippen LogP contribution in [0.1, 0.15) is 37.7 Å². The molecule has 2 heteroatoms. The van der Waals surface area contributed by atoms with Gasteiger partial charge in [0.05, 0.1) is 7.11 Å². The van der Waals surface area contributed by atoms with Crippen LogP contribution >= 0.6 is 0 Å². The lowest BCUT2D eigenvalue weighted by Gasteiger charge is -2.61. The van der Waals surface area contributed by atoms with Gasteiger partial charge in [0.15, 0.2) is 0 Å². The van der Waals surface area contributed by atoms with Gasteiger partial charge in [0.1, 0.15) is 5.75 Å². The summed E-state index contributed by atoms with van der Waals surface area (Å²) in [5.41, 5.74) is 2.56. The van der Waals surface area contributed by atoms with Crippen molar-refractivity contribution in [3.8, 4) is 5.75 Å². The van der Waals surface area contributed by atoms with Crippen molar-refractivity contribution in [2.75, 3.05) is 20.7 Å². The topological polar surface area (TPSA) is 21.3 Å². The Bertz CT molecular complexity index is 411. The summed E-state index contributed by atoms with van der Waals surface area (Å²) in [6.45, 7) is 1.10. The van der Waals surface area contributed by atoms with Gasteiger partial charge in [-0.05, 0) is 55.8 Å². The average molecular weight is 245 g/mol. The first-order chi connectivity index (χ1) is 8.72. The third-order valence-corrected chi connectivity index (χ3v) is 5.06. The van der Waals surface area contributed by atoms with E-state index >= 15 is 0 Å². The fourth-order valence-corrected chi connectivity index (χ4v) is 4.13. The SMILES string of the molecule is CNCC1(c2ccc(OC)cc2)CC2(CCC2)C1. The van der Waals surface area contributed by atoms with E-state index in [1.54, 1.807) is 7.11 Å². The normalized spacial score (nSPS) is 23.2. The van der Waals surface area contributed by atoms with Gasteiger partial charge in [-0.3, -0.25) is 0 Å². The maximum Gasteiger partial charge on any atom is 0.118 e. The molecule has 0 radical (unpaired) electrons. The van der Waals surface area contributed by atoms with E-state index in [0.29, 0.717) is 10.8 Å². The molecule has 2 aliphatic rings. The van der Waals surface area contributed by atoms with E-state index in [0.717, 1.165) is 12.3 Å². The van der Waals surface area contributed by atoms with Gasteiger partial charge in [0, 0.05) is 12.0 Å². The van der Waals surface area contributed by atoms with E-state index < -0.39 is 0 Å². The smallest absolute Gasteiger partial charge is 0.118 e. The Balaban J connectivity index is 1.81. The molecule has 2 saturated carbocycles. The van der Waals surface area contributed by atoms with Gasteiger partial charge in [0.2, 0.25) is 0 Å². The van der Waals surface area contributed by atoms with Gasteiger partial charge in [-0.25, -0.2) is 0 Å². The second-order valence-corrected chi connectivity index (χ2v) is 6.25. The van der Waals surface area contributed by atoms with E-state index in [4.69, 9.17) is 4.74 Å². The number of nitrogens with one attached hydrogen (secondary N) is 1. The van der Waals surface area contributed by atoms with Crippen molar-refractivity contribution in [2.45, 2.75) is 37.5 Å². The maximum absolute atomic E-state index is 5.25. The summed E-state index contributed by atoms with van der Waals surface area (Å²) >= 11 is 0. The second kappa shape index (κ2) is 4.27. The van der Waals surface area contributed by atoms with Crippen LogP contribution in [-0.4, -0.2) is 20.7 Å². The highest BCUT2D eigenvalue weighted by molar-refractivity contribution is 5.36. The first-order valence-corrected chi connectivity index (χ1v) is 7.01. The molecule has 2 nitrogen and oxygen atoms in total. The van der Waals surface area contributed by atoms with Gasteiger partial charge >= 0.3 is 0 Å². The maximum atomic E-state index is 5.25. The van der Waals surface area contributed by atoms with Crippen molar-refractivity contribution in [1.29, 1.82) is 0 Å². The van der Waals surface area contributed by atoms with Crippen molar-refractivity contribution in [3.63, 3.8) is 0 Å². The third kappa shape index (κ3) is 1.74. The molecule has 98 valence electrons. The van der Waals surface area contributed by atoms with E-state index in [1.165, 1.54) is 37.7 Å². The molecule has 1 spiro atoms. The lowest BCUT2D eigenvalue weighted by atomic mass is 9.44. The molecule has 0 unspecified atom stereocenters. The standard InChI is InChI=1S/C16H23NO/c1-17-12-16(10-15(11-16)8-3-9-15)13-4-6-14(18-2)7-5-13/h4-7,17H,3,8-12H2,1-2H3. The zero-order chi connectivity index (χ0) is 12.6. The van der Waals surface area contributed by atoms with Crippen LogP contribution in [0.2, 0.25) is 0 Å². The van der Waals surface area contributed by atoms with E-state index in [9.17, 15) is 0 Å². The molecule has 1 aromatic carbocycles. The molecule has 0 bridgehead atoms. The quantitative estimate of drug-likeness (QED) is 0.880. The van der Waals surface area contributed by atoms with Crippen LogP contribution in [0.4, 0.5) is 0 Å². The van der Waals surface area contributed by atoms with Crippen molar-refractivity contribution >= 4 is 0 Å². The lowest BCUT2D eigenvalue weighted by Crippen LogP contribution is -2.57. The highest BCUT2D eigenvalue weighted by Gasteiger charge is 2.56. The predicted molar refractivity (Wildman–Crippen MR) is 74.1 cm³/mol. The van der Waals surface area contributed by atoms with Gasteiger partial charge in [-0.2, -0.15) is 0 Å². The van der Waals surface area contributed by atoms with Crippen LogP contribution in [0.3, 0.4) is 0 Å². The Morgan fingerprint density at radius 1 is 1.17 bits per heavy atom. The minimum absolute atomic E-state index is 0.376. The molecular formula is C16H23NO. The first-order valence-electron chi connectivity index (χ1n) is 7.01. The van der Waals surface area contributed by atoms with Crippen molar-refractivity contribution in [1.82, 2.24) is 5.32 Å². The molecule has 1 aromatic rings. The molecule has 18 heavy (non-hydrogen) atoms. The summed E-state index contributed by atoms with van der Waals surface area (Å²) in [6, 6.07) is 8.69. The van der Waals surface area contributed by atoms with Gasteiger partial charge in [-0.15, -0.1) is 0 Å². The zero-order valence-corrected chi connectivity index (χ0v) is 11.5. The minimum Gasteiger partial charge on any atom is -0.497 e. The van der Waals surface area contributed by atoms with Crippen molar-refractivity contribution < 1.29 is 4.74 Å². The van der Waals surface area contributed by atoms with E-state index in [-0.39, 0.29) is 0 Å². The highest BCUT2D eigenvalue weighted by Crippen LogP contribution is 2.64. The Morgan fingerprint density at radius 2 is 1.83 bits per heavy atom. The Morgan fingerprint density at radius 3 is 2.28 bits per heavy atom. The number of rotatable bonds is 4. The Kier molecular flexibility index (Phi) is 2.86. The van der Waals surface area contributed by atoms with Crippen LogP contribution in [-0.2, 0) is 5.41 Å². The molecule has 0 aromatic heterocycles. The third-order valence-electron chi connectivity index (χ3n) is 5.06. The molecule has 0 atom stereocenters. The molecule has 3 rings (SSSR count). The van der Waals surface area contributed by atoms with Crippen molar-refractivity contribution in [2.24, 2.45) is 5.41 Å². The summed E-state index contributed by atoms with van der Waals surface area (Å²) in [5, 5.41) is 3.39. The number of hydrogen-bond donors (Lipinski definition) is 1. The molecule has 1 N–H and O–H groups in total. The molecule has 0 saturated heterocycles. The van der Waals surface area contributed by atoms with E-state index in [1.807, 2.05) is 0 Å². The number of methoxy groups -OCH3 is 1. The fourth-order valence-electron chi connectivity index (χ4n) is 4.13. The molecule has 0 heterocycles. The second-order valence-electron chi connectivity index (χ2n) is 6.25. The largest absolute Gasteiger partial charge is 0.497 e. The monoisotopic (exact) mass is 245 g/mol. The molecular weight excluding hydrogens is 222 g/mol. The van der Waals surface area contributed by atoms with Crippen LogP contribution < -0.4 is 10.1 Å². The molecule has 2 fully saturated rings. The molecule has 0 aliphatic heterocycles. The summed E-state index contributed by atoms with van der Waals surface area (Å²) in [6.07, 6.45) is 7.09. The summed E-state index contributed by atoms with van der Waals surface area (Å²) < 4.78 is 5.25. The predicted octanol–water partition coefficient (Wildman–Crippen LogP) is 3.12. The number of likely N-dealkylation sites (N-methyl/N-ethyl adjacent to an activating group) is 1. The lowest BCUT2D eigenvalue weighted by molar-refractivity contribution is -0.0475. The summed E-state index contributed by atoms with van der Waals surface area (Å²) in [4.78, 5) is 0. The van der Waals surface area contributed by atoms with Gasteiger partial charge in [-0.1, -0.05) is 18.6 Å². The number of hydrogen-bond acceptors (Lipinski definition) is 2. The number of benzene rings is 1. The van der Waals surface area contributed by atoms with E-state index in [2.05, 4.69) is 36.6 Å². The van der Waals surface area contributed by atoms with Crippen LogP contribution in [0.15, 0.2) is 24.3 Å². The highest BCUT2D eigenvalue weighted by atomic mass is 16.5. The molecule has 2 aliphatic carbocycles. The van der Waals surface area contributed by atoms with Crippen molar-refractivity contribution in [3.05, 3.63) is 29.8 Å². The van der Waals surface area contributed by atoms with Gasteiger partial charge < -0.3 is 10.1 Å². The Hall–Kier alpha value is -1.02. The molecule has 0 amide bonds. The van der Waals surface area contributed by atoms with Crippen LogP contribution in [0.25, 0.3) is 0 Å². The van der Waals surface area contributed by atoms with Crippen LogP contribution in [0, 0.1) is 5.41 Å². The zero-order valence-electron chi connectivity index (χ0n) is 11.5. The summed E-state index contributed by atoms with van der Waals surface area (Å²) in [5.74, 6) is 0.955. The Labute approximate surface area is 110 Å². The summed E-state index contributed by atoms with van der Waals surface area (Å²) in [7, 11) is 3.79. The van der Waals surface area contributed by atoms with Gasteiger partial charge in [0.25, 0.3) is 0 Å².